The monoisotopic (exact) mass is 310 g/mol. The topological polar surface area (TPSA) is 38.0 Å². The maximum absolute atomic E-state index is 5.72. The van der Waals surface area contributed by atoms with E-state index >= 15 is 0 Å². The first kappa shape index (κ1) is 12.8. The molecule has 0 aliphatic heterocycles. The van der Waals surface area contributed by atoms with Crippen LogP contribution in [0.2, 0.25) is 0 Å². The van der Waals surface area contributed by atoms with E-state index in [0.29, 0.717) is 0 Å². The average Bonchev–Trinajstić information content (AvgIpc) is 2.71. The fraction of sp³-hybridized carbons (Fsp3) is 0.231. The van der Waals surface area contributed by atoms with Crippen molar-refractivity contribution in [1.82, 2.24) is 5.43 Å². The number of thiophene rings is 1. The van der Waals surface area contributed by atoms with Crippen LogP contribution >= 0.6 is 27.3 Å². The molecule has 3 N–H and O–H groups in total. The lowest BCUT2D eigenvalue weighted by molar-refractivity contribution is 0.633. The third kappa shape index (κ3) is 2.60. The van der Waals surface area contributed by atoms with E-state index in [2.05, 4.69) is 64.2 Å². The largest absolute Gasteiger partial charge is 0.271 e. The van der Waals surface area contributed by atoms with Gasteiger partial charge in [0.15, 0.2) is 0 Å². The van der Waals surface area contributed by atoms with Crippen molar-refractivity contribution in [3.8, 4) is 0 Å². The van der Waals surface area contributed by atoms with E-state index < -0.39 is 0 Å². The molecule has 0 spiro atoms. The van der Waals surface area contributed by atoms with Crippen LogP contribution in [0, 0.1) is 13.8 Å². The molecular formula is C13H15BrN2S. The normalized spacial score (nSPS) is 12.7. The molecule has 0 bridgehead atoms. The molecule has 2 nitrogen and oxygen atoms in total. The first-order valence-corrected chi connectivity index (χ1v) is 7.12. The standard InChI is InChI=1S/C13H15BrN2S/c1-8-3-4-9(2)10(5-8)13(16-15)11-6-17-7-12(11)14/h3-7,13,16H,15H2,1-2H3. The number of halogens is 1. The highest BCUT2D eigenvalue weighted by atomic mass is 79.9. The van der Waals surface area contributed by atoms with Crippen LogP contribution in [0.25, 0.3) is 0 Å². The summed E-state index contributed by atoms with van der Waals surface area (Å²) in [5, 5.41) is 4.20. The zero-order chi connectivity index (χ0) is 12.4. The van der Waals surface area contributed by atoms with Crippen molar-refractivity contribution in [2.75, 3.05) is 0 Å². The van der Waals surface area contributed by atoms with Crippen molar-refractivity contribution >= 4 is 27.3 Å². The lowest BCUT2D eigenvalue weighted by Gasteiger charge is -2.19. The minimum atomic E-state index is 0.0375. The minimum Gasteiger partial charge on any atom is -0.271 e. The summed E-state index contributed by atoms with van der Waals surface area (Å²) in [6.07, 6.45) is 0. The summed E-state index contributed by atoms with van der Waals surface area (Å²) >= 11 is 5.24. The van der Waals surface area contributed by atoms with E-state index in [9.17, 15) is 0 Å². The number of aryl methyl sites for hydroxylation is 2. The summed E-state index contributed by atoms with van der Waals surface area (Å²) in [5.74, 6) is 5.72. The zero-order valence-corrected chi connectivity index (χ0v) is 12.2. The molecule has 90 valence electrons. The van der Waals surface area contributed by atoms with Gasteiger partial charge in [0.05, 0.1) is 6.04 Å². The molecule has 1 aromatic carbocycles. The van der Waals surface area contributed by atoms with E-state index in [0.717, 1.165) is 4.47 Å². The maximum Gasteiger partial charge on any atom is 0.0731 e. The molecule has 0 aliphatic rings. The van der Waals surface area contributed by atoms with Gasteiger partial charge >= 0.3 is 0 Å². The van der Waals surface area contributed by atoms with Gasteiger partial charge in [-0.05, 0) is 51.8 Å². The summed E-state index contributed by atoms with van der Waals surface area (Å²) in [5.41, 5.74) is 7.82. The van der Waals surface area contributed by atoms with Crippen LogP contribution in [0.1, 0.15) is 28.3 Å². The Hall–Kier alpha value is -0.680. The van der Waals surface area contributed by atoms with Crippen molar-refractivity contribution < 1.29 is 0 Å². The van der Waals surface area contributed by atoms with E-state index in [1.807, 2.05) is 0 Å². The fourth-order valence-corrected chi connectivity index (χ4v) is 3.47. The van der Waals surface area contributed by atoms with Gasteiger partial charge in [0.1, 0.15) is 0 Å². The Morgan fingerprint density at radius 1 is 1.24 bits per heavy atom. The molecule has 4 heteroatoms. The van der Waals surface area contributed by atoms with E-state index in [1.165, 1.54) is 22.3 Å². The second kappa shape index (κ2) is 5.31. The quantitative estimate of drug-likeness (QED) is 0.670. The molecule has 0 fully saturated rings. The molecular weight excluding hydrogens is 296 g/mol. The lowest BCUT2D eigenvalue weighted by Crippen LogP contribution is -2.29. The lowest BCUT2D eigenvalue weighted by atomic mass is 9.96. The van der Waals surface area contributed by atoms with Crippen molar-refractivity contribution in [3.05, 3.63) is 55.7 Å². The third-order valence-electron chi connectivity index (χ3n) is 2.87. The Balaban J connectivity index is 2.49. The predicted molar refractivity (Wildman–Crippen MR) is 77.1 cm³/mol. The second-order valence-electron chi connectivity index (χ2n) is 4.13. The van der Waals surface area contributed by atoms with Gasteiger partial charge in [-0.25, -0.2) is 5.43 Å². The molecule has 0 saturated carbocycles. The highest BCUT2D eigenvalue weighted by molar-refractivity contribution is 9.10. The van der Waals surface area contributed by atoms with E-state index in [-0.39, 0.29) is 6.04 Å². The Kier molecular flexibility index (Phi) is 3.99. The number of hydrogen-bond acceptors (Lipinski definition) is 3. The van der Waals surface area contributed by atoms with Gasteiger partial charge in [0.2, 0.25) is 0 Å². The molecule has 1 unspecified atom stereocenters. The molecule has 17 heavy (non-hydrogen) atoms. The first-order chi connectivity index (χ1) is 8.13. The Morgan fingerprint density at radius 2 is 2.00 bits per heavy atom. The molecule has 1 atom stereocenters. The van der Waals surface area contributed by atoms with Crippen LogP contribution in [0.15, 0.2) is 33.4 Å². The summed E-state index contributed by atoms with van der Waals surface area (Å²) in [7, 11) is 0. The van der Waals surface area contributed by atoms with Crippen LogP contribution in [0.3, 0.4) is 0 Å². The highest BCUT2D eigenvalue weighted by Gasteiger charge is 2.17. The number of hydrazine groups is 1. The number of benzene rings is 1. The molecule has 0 radical (unpaired) electrons. The molecule has 2 aromatic rings. The van der Waals surface area contributed by atoms with Crippen LogP contribution in [-0.4, -0.2) is 0 Å². The van der Waals surface area contributed by atoms with Gasteiger partial charge < -0.3 is 0 Å². The summed E-state index contributed by atoms with van der Waals surface area (Å²) in [4.78, 5) is 0. The van der Waals surface area contributed by atoms with Gasteiger partial charge in [-0.15, -0.1) is 0 Å². The molecule has 2 rings (SSSR count). The maximum atomic E-state index is 5.72. The van der Waals surface area contributed by atoms with Gasteiger partial charge in [-0.1, -0.05) is 23.8 Å². The average molecular weight is 311 g/mol. The SMILES string of the molecule is Cc1ccc(C)c(C(NN)c2cscc2Br)c1. The molecule has 1 heterocycles. The van der Waals surface area contributed by atoms with Crippen LogP contribution in [-0.2, 0) is 0 Å². The molecule has 0 saturated heterocycles. The minimum absolute atomic E-state index is 0.0375. The van der Waals surface area contributed by atoms with Crippen LogP contribution in [0.4, 0.5) is 0 Å². The first-order valence-electron chi connectivity index (χ1n) is 5.38. The number of nitrogens with one attached hydrogen (secondary N) is 1. The van der Waals surface area contributed by atoms with Crippen LogP contribution in [0.5, 0.6) is 0 Å². The summed E-state index contributed by atoms with van der Waals surface area (Å²) in [6, 6.07) is 6.48. The van der Waals surface area contributed by atoms with Crippen molar-refractivity contribution in [2.45, 2.75) is 19.9 Å². The second-order valence-corrected chi connectivity index (χ2v) is 5.73. The van der Waals surface area contributed by atoms with Gasteiger partial charge in [-0.2, -0.15) is 11.3 Å². The fourth-order valence-electron chi connectivity index (χ4n) is 1.92. The van der Waals surface area contributed by atoms with Crippen molar-refractivity contribution in [3.63, 3.8) is 0 Å². The van der Waals surface area contributed by atoms with Gasteiger partial charge in [0.25, 0.3) is 0 Å². The molecule has 1 aromatic heterocycles. The van der Waals surface area contributed by atoms with Crippen molar-refractivity contribution in [1.29, 1.82) is 0 Å². The predicted octanol–water partition coefficient (Wildman–Crippen LogP) is 3.68. The van der Waals surface area contributed by atoms with Gasteiger partial charge in [0, 0.05) is 9.85 Å². The molecule has 0 amide bonds. The third-order valence-corrected chi connectivity index (χ3v) is 4.62. The number of nitrogens with two attached hydrogens (primary N) is 1. The number of hydrogen-bond donors (Lipinski definition) is 2. The summed E-state index contributed by atoms with van der Waals surface area (Å²) < 4.78 is 1.10. The smallest absolute Gasteiger partial charge is 0.0731 e. The van der Waals surface area contributed by atoms with Crippen molar-refractivity contribution in [2.24, 2.45) is 5.84 Å². The van der Waals surface area contributed by atoms with Crippen LogP contribution < -0.4 is 11.3 Å². The summed E-state index contributed by atoms with van der Waals surface area (Å²) in [6.45, 7) is 4.21. The van der Waals surface area contributed by atoms with Gasteiger partial charge in [-0.3, -0.25) is 5.84 Å². The molecule has 0 aliphatic carbocycles. The Bertz CT molecular complexity index is 522. The number of rotatable bonds is 3. The Morgan fingerprint density at radius 3 is 2.59 bits per heavy atom. The van der Waals surface area contributed by atoms with E-state index in [1.54, 1.807) is 11.3 Å². The Labute approximate surface area is 114 Å². The highest BCUT2D eigenvalue weighted by Crippen LogP contribution is 2.32. The zero-order valence-electron chi connectivity index (χ0n) is 9.83. The van der Waals surface area contributed by atoms with E-state index in [4.69, 9.17) is 5.84 Å².